The topological polar surface area (TPSA) is 92.9 Å². The molecule has 26 heavy (non-hydrogen) atoms. The summed E-state index contributed by atoms with van der Waals surface area (Å²) < 4.78 is 6.15. The molecule has 0 unspecified atom stereocenters. The highest BCUT2D eigenvalue weighted by atomic mass is 79.9. The zero-order chi connectivity index (χ0) is 18.8. The van der Waals surface area contributed by atoms with Gasteiger partial charge in [-0.1, -0.05) is 6.08 Å². The number of phenolic OH excluding ortho intramolecular Hbond substituents is 1. The lowest BCUT2D eigenvalue weighted by molar-refractivity contribution is -0.420. The van der Waals surface area contributed by atoms with E-state index in [0.717, 1.165) is 0 Å². The Kier molecular flexibility index (Phi) is 5.28. The van der Waals surface area contributed by atoms with Gasteiger partial charge in [0.2, 0.25) is 0 Å². The maximum atomic E-state index is 12.7. The first kappa shape index (κ1) is 18.4. The molecular weight excluding hydrogens is 472 g/mol. The lowest BCUT2D eigenvalue weighted by Crippen LogP contribution is -2.23. The molecular formula is C17H12Br2N2O5. The number of amides is 1. The van der Waals surface area contributed by atoms with Gasteiger partial charge >= 0.3 is 0 Å². The molecule has 0 bridgehead atoms. The Balaban J connectivity index is 1.95. The van der Waals surface area contributed by atoms with Crippen molar-refractivity contribution in [3.8, 4) is 5.75 Å². The minimum atomic E-state index is -0.464. The van der Waals surface area contributed by atoms with Crippen molar-refractivity contribution in [2.24, 2.45) is 0 Å². The summed E-state index contributed by atoms with van der Waals surface area (Å²) in [6, 6.07) is 2.98. The number of aromatic hydroxyl groups is 1. The molecule has 0 saturated heterocycles. The van der Waals surface area contributed by atoms with Gasteiger partial charge in [-0.3, -0.25) is 19.8 Å². The van der Waals surface area contributed by atoms with Gasteiger partial charge in [-0.15, -0.1) is 0 Å². The molecule has 1 amide bonds. The summed E-state index contributed by atoms with van der Waals surface area (Å²) in [7, 11) is 0. The fourth-order valence-corrected chi connectivity index (χ4v) is 3.74. The lowest BCUT2D eigenvalue weighted by atomic mass is 10.0. The first-order chi connectivity index (χ1) is 12.4. The number of nitrogens with zero attached hydrogens (tertiary/aromatic N) is 2. The molecule has 7 nitrogen and oxygen atoms in total. The van der Waals surface area contributed by atoms with Crippen LogP contribution in [0, 0.1) is 10.1 Å². The molecule has 0 atom stereocenters. The minimum Gasteiger partial charge on any atom is -0.506 e. The highest BCUT2D eigenvalue weighted by Crippen LogP contribution is 2.34. The number of hydrogen-bond donors (Lipinski definition) is 1. The second-order valence-corrected chi connectivity index (χ2v) is 7.17. The molecule has 1 aliphatic heterocycles. The van der Waals surface area contributed by atoms with Crippen molar-refractivity contribution in [3.05, 3.63) is 84.6 Å². The van der Waals surface area contributed by atoms with E-state index in [2.05, 4.69) is 31.9 Å². The predicted molar refractivity (Wildman–Crippen MR) is 100 cm³/mol. The van der Waals surface area contributed by atoms with Crippen molar-refractivity contribution < 1.29 is 19.6 Å². The molecule has 1 aromatic rings. The van der Waals surface area contributed by atoms with Crippen LogP contribution in [-0.2, 0) is 4.74 Å². The molecule has 0 radical (unpaired) electrons. The maximum Gasteiger partial charge on any atom is 0.276 e. The van der Waals surface area contributed by atoms with Crippen LogP contribution in [0.2, 0.25) is 0 Å². The van der Waals surface area contributed by atoms with Gasteiger partial charge in [-0.25, -0.2) is 0 Å². The molecule has 2 aliphatic rings. The Morgan fingerprint density at radius 1 is 1.31 bits per heavy atom. The largest absolute Gasteiger partial charge is 0.506 e. The van der Waals surface area contributed by atoms with Crippen LogP contribution in [0.4, 0.5) is 0 Å². The van der Waals surface area contributed by atoms with E-state index in [1.54, 1.807) is 6.08 Å². The zero-order valence-electron chi connectivity index (χ0n) is 13.2. The van der Waals surface area contributed by atoms with Gasteiger partial charge in [0.05, 0.1) is 25.6 Å². The smallest absolute Gasteiger partial charge is 0.276 e. The number of carbonyl (C=O) groups excluding carboxylic acids is 1. The molecule has 1 aliphatic carbocycles. The van der Waals surface area contributed by atoms with E-state index in [9.17, 15) is 20.0 Å². The van der Waals surface area contributed by atoms with Crippen LogP contribution in [0.25, 0.3) is 0 Å². The Labute approximate surface area is 165 Å². The fraction of sp³-hybridized carbons (Fsp3) is 0.118. The van der Waals surface area contributed by atoms with Crippen molar-refractivity contribution in [1.29, 1.82) is 0 Å². The molecule has 0 fully saturated rings. The summed E-state index contributed by atoms with van der Waals surface area (Å²) in [5.74, 6) is -0.128. The van der Waals surface area contributed by atoms with Crippen LogP contribution in [-0.4, -0.2) is 20.8 Å². The maximum absolute atomic E-state index is 12.7. The van der Waals surface area contributed by atoms with Gasteiger partial charge < -0.3 is 9.84 Å². The number of halogens is 2. The van der Waals surface area contributed by atoms with Crippen LogP contribution >= 0.6 is 31.9 Å². The lowest BCUT2D eigenvalue weighted by Gasteiger charge is -2.22. The third-order valence-electron chi connectivity index (χ3n) is 3.81. The Bertz CT molecular complexity index is 895. The highest BCUT2D eigenvalue weighted by molar-refractivity contribution is 9.11. The molecule has 0 spiro atoms. The standard InChI is InChI=1S/C17H12Br2N2O5/c18-12-7-10(8-13(19)16(12)22)17(23)20-5-6-26-15(9-20)11-3-1-2-4-14(11)21(24)25/h2,4-9,22H,1,3H2. The van der Waals surface area contributed by atoms with Crippen molar-refractivity contribution >= 4 is 37.8 Å². The van der Waals surface area contributed by atoms with E-state index in [0.29, 0.717) is 32.9 Å². The van der Waals surface area contributed by atoms with Gasteiger partial charge in [0.15, 0.2) is 5.76 Å². The summed E-state index contributed by atoms with van der Waals surface area (Å²) in [5.41, 5.74) is 0.712. The SMILES string of the molecule is O=C(c1cc(Br)c(O)c(Br)c1)N1C=COC(C2=C([N+](=O)[O-])C=CCC2)=C1. The molecule has 1 heterocycles. The predicted octanol–water partition coefficient (Wildman–Crippen LogP) is 4.58. The number of ether oxygens (including phenoxy) is 1. The number of allylic oxidation sites excluding steroid dienone is 3. The van der Waals surface area contributed by atoms with E-state index in [1.807, 2.05) is 0 Å². The van der Waals surface area contributed by atoms with Gasteiger partial charge in [0, 0.05) is 17.8 Å². The Hall–Kier alpha value is -2.39. The average Bonchev–Trinajstić information content (AvgIpc) is 2.65. The molecule has 1 aromatic carbocycles. The van der Waals surface area contributed by atoms with E-state index >= 15 is 0 Å². The van der Waals surface area contributed by atoms with Crippen LogP contribution in [0.3, 0.4) is 0 Å². The molecule has 0 saturated carbocycles. The fourth-order valence-electron chi connectivity index (χ4n) is 2.55. The second kappa shape index (κ2) is 7.46. The number of phenols is 1. The summed E-state index contributed by atoms with van der Waals surface area (Å²) in [6.45, 7) is 0. The normalized spacial score (nSPS) is 16.4. The first-order valence-corrected chi connectivity index (χ1v) is 9.07. The first-order valence-electron chi connectivity index (χ1n) is 7.48. The van der Waals surface area contributed by atoms with Crippen LogP contribution in [0.5, 0.6) is 5.75 Å². The third kappa shape index (κ3) is 3.58. The third-order valence-corrected chi connectivity index (χ3v) is 5.02. The molecule has 3 rings (SSSR count). The van der Waals surface area contributed by atoms with Crippen LogP contribution in [0.1, 0.15) is 23.2 Å². The van der Waals surface area contributed by atoms with Crippen molar-refractivity contribution in [3.63, 3.8) is 0 Å². The summed E-state index contributed by atoms with van der Waals surface area (Å²) in [4.78, 5) is 24.8. The van der Waals surface area contributed by atoms with Crippen molar-refractivity contribution in [2.75, 3.05) is 0 Å². The van der Waals surface area contributed by atoms with Gasteiger partial charge in [-0.05, 0) is 56.8 Å². The van der Waals surface area contributed by atoms with Gasteiger partial charge in [-0.2, -0.15) is 0 Å². The summed E-state index contributed by atoms with van der Waals surface area (Å²) in [6.07, 6.45) is 8.44. The van der Waals surface area contributed by atoms with E-state index < -0.39 is 4.92 Å². The molecule has 0 aromatic heterocycles. The number of rotatable bonds is 3. The number of benzene rings is 1. The average molecular weight is 484 g/mol. The Morgan fingerprint density at radius 2 is 2.00 bits per heavy atom. The number of nitro groups is 1. The van der Waals surface area contributed by atoms with E-state index in [1.165, 1.54) is 41.8 Å². The summed E-state index contributed by atoms with van der Waals surface area (Å²) >= 11 is 6.38. The Morgan fingerprint density at radius 3 is 2.65 bits per heavy atom. The number of carbonyl (C=O) groups is 1. The quantitative estimate of drug-likeness (QED) is 0.501. The summed E-state index contributed by atoms with van der Waals surface area (Å²) in [5, 5.41) is 21.0. The molecule has 134 valence electrons. The van der Waals surface area contributed by atoms with Gasteiger partial charge in [0.1, 0.15) is 12.0 Å². The van der Waals surface area contributed by atoms with Gasteiger partial charge in [0.25, 0.3) is 11.6 Å². The van der Waals surface area contributed by atoms with E-state index in [-0.39, 0.29) is 23.1 Å². The number of hydrogen-bond acceptors (Lipinski definition) is 5. The molecule has 9 heteroatoms. The van der Waals surface area contributed by atoms with Crippen LogP contribution < -0.4 is 0 Å². The minimum absolute atomic E-state index is 0.00919. The van der Waals surface area contributed by atoms with E-state index in [4.69, 9.17) is 4.74 Å². The van der Waals surface area contributed by atoms with Crippen LogP contribution in [0.15, 0.2) is 68.9 Å². The highest BCUT2D eigenvalue weighted by Gasteiger charge is 2.26. The van der Waals surface area contributed by atoms with Crippen molar-refractivity contribution in [1.82, 2.24) is 4.90 Å². The second-order valence-electron chi connectivity index (χ2n) is 5.46. The van der Waals surface area contributed by atoms with Crippen molar-refractivity contribution in [2.45, 2.75) is 12.8 Å². The molecule has 1 N–H and O–H groups in total. The zero-order valence-corrected chi connectivity index (χ0v) is 16.4. The monoisotopic (exact) mass is 482 g/mol.